The van der Waals surface area contributed by atoms with Crippen LogP contribution in [-0.2, 0) is 11.9 Å². The molecule has 0 spiro atoms. The molecule has 1 aromatic rings. The molecule has 9 heteroatoms. The lowest BCUT2D eigenvalue weighted by Gasteiger charge is -2.06. The highest BCUT2D eigenvalue weighted by atomic mass is 19.4. The molecule has 96 valence electrons. The van der Waals surface area contributed by atoms with Crippen molar-refractivity contribution >= 4 is 5.91 Å². The Hall–Kier alpha value is -1.77. The van der Waals surface area contributed by atoms with Crippen molar-refractivity contribution in [2.45, 2.75) is 6.18 Å². The van der Waals surface area contributed by atoms with Gasteiger partial charge in [0.25, 0.3) is 5.91 Å². The van der Waals surface area contributed by atoms with Gasteiger partial charge in [-0.05, 0) is 0 Å². The van der Waals surface area contributed by atoms with Gasteiger partial charge in [-0.2, -0.15) is 18.3 Å². The molecule has 0 fully saturated rings. The number of aryl methyl sites for hydroxylation is 1. The Morgan fingerprint density at radius 2 is 2.24 bits per heavy atom. The van der Waals surface area contributed by atoms with Crippen molar-refractivity contribution in [1.29, 1.82) is 0 Å². The number of hydrogen-bond acceptors (Lipinski definition) is 4. The quantitative estimate of drug-likeness (QED) is 0.800. The third kappa shape index (κ3) is 3.94. The zero-order chi connectivity index (χ0) is 13.1. The fourth-order valence-electron chi connectivity index (χ4n) is 0.988. The first-order valence-electron chi connectivity index (χ1n) is 4.40. The van der Waals surface area contributed by atoms with Gasteiger partial charge in [-0.3, -0.25) is 9.63 Å². The molecule has 1 amide bonds. The van der Waals surface area contributed by atoms with E-state index in [9.17, 15) is 18.0 Å². The summed E-state index contributed by atoms with van der Waals surface area (Å²) in [6.45, 7) is -1.57. The maximum absolute atomic E-state index is 11.7. The van der Waals surface area contributed by atoms with Gasteiger partial charge in [0.2, 0.25) is 5.88 Å². The molecule has 0 aliphatic carbocycles. The molecule has 0 aliphatic rings. The number of carbonyl (C=O) groups excluding carboxylic acids is 1. The van der Waals surface area contributed by atoms with E-state index >= 15 is 0 Å². The molecule has 1 heterocycles. The molecule has 0 unspecified atom stereocenters. The van der Waals surface area contributed by atoms with Gasteiger partial charge in [0.05, 0.1) is 7.11 Å². The van der Waals surface area contributed by atoms with Crippen molar-refractivity contribution in [1.82, 2.24) is 15.3 Å². The zero-order valence-corrected chi connectivity index (χ0v) is 9.04. The molecule has 0 radical (unpaired) electrons. The minimum Gasteiger partial charge on any atom is -0.481 e. The van der Waals surface area contributed by atoms with E-state index in [-0.39, 0.29) is 5.69 Å². The number of methoxy groups -OCH3 is 1. The predicted octanol–water partition coefficient (Wildman–Crippen LogP) is 0.652. The van der Waals surface area contributed by atoms with Gasteiger partial charge in [-0.15, -0.1) is 0 Å². The molecule has 1 aromatic heterocycles. The zero-order valence-electron chi connectivity index (χ0n) is 9.04. The maximum Gasteiger partial charge on any atom is 0.414 e. The number of hydrogen-bond donors (Lipinski definition) is 1. The second-order valence-corrected chi connectivity index (χ2v) is 3.03. The van der Waals surface area contributed by atoms with Crippen molar-refractivity contribution in [3.8, 4) is 5.88 Å². The first kappa shape index (κ1) is 13.3. The number of nitrogens with zero attached hydrogens (tertiary/aromatic N) is 2. The molecule has 0 bridgehead atoms. The van der Waals surface area contributed by atoms with Gasteiger partial charge in [-0.1, -0.05) is 0 Å². The molecule has 0 saturated carbocycles. The lowest BCUT2D eigenvalue weighted by atomic mass is 10.4. The molecule has 0 aromatic carbocycles. The number of nitrogens with one attached hydrogen (secondary N) is 1. The summed E-state index contributed by atoms with van der Waals surface area (Å²) in [7, 11) is 2.89. The minimum atomic E-state index is -4.50. The molecule has 1 N–H and O–H groups in total. The van der Waals surface area contributed by atoms with Gasteiger partial charge >= 0.3 is 6.18 Å². The molecule has 0 saturated heterocycles. The molecule has 0 atom stereocenters. The molecule has 17 heavy (non-hydrogen) atoms. The number of aromatic nitrogens is 2. The van der Waals surface area contributed by atoms with E-state index in [0.717, 1.165) is 0 Å². The highest BCUT2D eigenvalue weighted by Gasteiger charge is 2.28. The van der Waals surface area contributed by atoms with Crippen LogP contribution in [0.4, 0.5) is 13.2 Å². The second-order valence-electron chi connectivity index (χ2n) is 3.03. The Bertz CT molecular complexity index is 402. The van der Waals surface area contributed by atoms with Crippen LogP contribution in [0, 0.1) is 0 Å². The number of hydroxylamine groups is 1. The average Bonchev–Trinajstić information content (AvgIpc) is 2.57. The number of halogens is 3. The van der Waals surface area contributed by atoms with E-state index < -0.39 is 18.7 Å². The van der Waals surface area contributed by atoms with Crippen LogP contribution in [-0.4, -0.2) is 35.6 Å². The smallest absolute Gasteiger partial charge is 0.414 e. The van der Waals surface area contributed by atoms with Gasteiger partial charge in [-0.25, -0.2) is 10.2 Å². The van der Waals surface area contributed by atoms with E-state index in [4.69, 9.17) is 4.74 Å². The predicted molar refractivity (Wildman–Crippen MR) is 49.2 cm³/mol. The number of carbonyl (C=O) groups is 1. The van der Waals surface area contributed by atoms with E-state index in [1.54, 1.807) is 5.48 Å². The maximum atomic E-state index is 11.7. The van der Waals surface area contributed by atoms with Crippen molar-refractivity contribution in [2.24, 2.45) is 7.05 Å². The van der Waals surface area contributed by atoms with Gasteiger partial charge in [0.15, 0.2) is 12.3 Å². The number of alkyl halides is 3. The van der Waals surface area contributed by atoms with E-state index in [0.29, 0.717) is 5.88 Å². The molecule has 0 aliphatic heterocycles. The van der Waals surface area contributed by atoms with Crippen LogP contribution in [0.3, 0.4) is 0 Å². The number of rotatable bonds is 4. The van der Waals surface area contributed by atoms with E-state index in [1.165, 1.54) is 24.9 Å². The Morgan fingerprint density at radius 1 is 1.59 bits per heavy atom. The summed E-state index contributed by atoms with van der Waals surface area (Å²) in [4.78, 5) is 15.3. The minimum absolute atomic E-state index is 0.105. The topological polar surface area (TPSA) is 65.4 Å². The Kier molecular flexibility index (Phi) is 3.94. The molecule has 1 rings (SSSR count). The monoisotopic (exact) mass is 253 g/mol. The summed E-state index contributed by atoms with van der Waals surface area (Å²) in [5, 5.41) is 3.71. The van der Waals surface area contributed by atoms with Crippen molar-refractivity contribution in [3.05, 3.63) is 11.8 Å². The summed E-state index contributed by atoms with van der Waals surface area (Å²) in [5.41, 5.74) is 1.52. The Morgan fingerprint density at radius 3 is 2.71 bits per heavy atom. The number of amides is 1. The average molecular weight is 253 g/mol. The third-order valence-electron chi connectivity index (χ3n) is 1.68. The molecule has 6 nitrogen and oxygen atoms in total. The molecular formula is C8H10F3N3O3. The summed E-state index contributed by atoms with van der Waals surface area (Å²) < 4.78 is 41.2. The van der Waals surface area contributed by atoms with Crippen LogP contribution in [0.2, 0.25) is 0 Å². The molecular weight excluding hydrogens is 243 g/mol. The van der Waals surface area contributed by atoms with Crippen LogP contribution in [0.25, 0.3) is 0 Å². The third-order valence-corrected chi connectivity index (χ3v) is 1.68. The largest absolute Gasteiger partial charge is 0.481 e. The summed E-state index contributed by atoms with van der Waals surface area (Å²) in [5.74, 6) is -0.584. The van der Waals surface area contributed by atoms with Crippen LogP contribution in [0.5, 0.6) is 5.88 Å². The Labute approximate surface area is 94.3 Å². The second kappa shape index (κ2) is 5.04. The SMILES string of the molecule is COc1cc(C(=O)NOCC(F)(F)F)nn1C. The summed E-state index contributed by atoms with van der Waals surface area (Å²) >= 11 is 0. The first-order chi connectivity index (χ1) is 7.83. The lowest BCUT2D eigenvalue weighted by Crippen LogP contribution is -2.29. The highest BCUT2D eigenvalue weighted by Crippen LogP contribution is 2.14. The fraction of sp³-hybridized carbons (Fsp3) is 0.500. The summed E-state index contributed by atoms with van der Waals surface area (Å²) in [6, 6.07) is 1.27. The van der Waals surface area contributed by atoms with E-state index in [2.05, 4.69) is 9.94 Å². The van der Waals surface area contributed by atoms with Crippen molar-refractivity contribution in [2.75, 3.05) is 13.7 Å². The van der Waals surface area contributed by atoms with Crippen LogP contribution in [0.1, 0.15) is 10.5 Å². The van der Waals surface area contributed by atoms with Crippen LogP contribution in [0.15, 0.2) is 6.07 Å². The van der Waals surface area contributed by atoms with Crippen LogP contribution >= 0.6 is 0 Å². The number of ether oxygens (including phenoxy) is 1. The van der Waals surface area contributed by atoms with Crippen LogP contribution < -0.4 is 10.2 Å². The standard InChI is InChI=1S/C8H10F3N3O3/c1-14-6(16-2)3-5(12-14)7(15)13-17-4-8(9,10)11/h3H,4H2,1-2H3,(H,13,15). The highest BCUT2D eigenvalue weighted by molar-refractivity contribution is 5.91. The first-order valence-corrected chi connectivity index (χ1v) is 4.40. The Balaban J connectivity index is 2.52. The normalized spacial score (nSPS) is 11.4. The van der Waals surface area contributed by atoms with Gasteiger partial charge in [0.1, 0.15) is 0 Å². The lowest BCUT2D eigenvalue weighted by molar-refractivity contribution is -0.184. The van der Waals surface area contributed by atoms with Crippen molar-refractivity contribution in [3.63, 3.8) is 0 Å². The fourth-order valence-corrected chi connectivity index (χ4v) is 0.988. The van der Waals surface area contributed by atoms with Crippen molar-refractivity contribution < 1.29 is 27.5 Å². The van der Waals surface area contributed by atoms with E-state index in [1.807, 2.05) is 0 Å². The summed E-state index contributed by atoms with van der Waals surface area (Å²) in [6.07, 6.45) is -4.50. The van der Waals surface area contributed by atoms with Gasteiger partial charge in [0, 0.05) is 13.1 Å². The van der Waals surface area contributed by atoms with Gasteiger partial charge < -0.3 is 4.74 Å².